The van der Waals surface area contributed by atoms with Crippen LogP contribution in [-0.2, 0) is 28.1 Å². The maximum absolute atomic E-state index is 11.9. The van der Waals surface area contributed by atoms with Crippen molar-refractivity contribution in [2.75, 3.05) is 33.5 Å². The highest BCUT2D eigenvalue weighted by Gasteiger charge is 2.06. The maximum Gasteiger partial charge on any atom is 0.329 e. The van der Waals surface area contributed by atoms with Gasteiger partial charge in [0.15, 0.2) is 0 Å². The van der Waals surface area contributed by atoms with Gasteiger partial charge in [-0.15, -0.1) is 0 Å². The lowest BCUT2D eigenvalue weighted by atomic mass is 10.1. The Labute approximate surface area is 310 Å². The summed E-state index contributed by atoms with van der Waals surface area (Å²) in [6.07, 6.45) is 42.7. The molecule has 0 saturated carbocycles. The number of rotatable bonds is 37. The molecule has 1 atom stereocenters. The van der Waals surface area contributed by atoms with Gasteiger partial charge < -0.3 is 29.1 Å². The molecule has 9 heteroatoms. The van der Waals surface area contributed by atoms with E-state index in [2.05, 4.69) is 47.2 Å². The van der Waals surface area contributed by atoms with Crippen molar-refractivity contribution in [2.45, 2.75) is 194 Å². The highest BCUT2D eigenvalue weighted by atomic mass is 31.2. The molecule has 3 N–H and O–H groups in total. The Morgan fingerprint density at radius 2 is 0.840 bits per heavy atom. The van der Waals surface area contributed by atoms with Crippen molar-refractivity contribution in [3.8, 4) is 0 Å². The SMILES string of the molecule is CCCCCCCC/C=C\CCCCCCCC(=O)OCCOC(=O)CCCCCCC/C=C\CCCCCCCC.COP(O)OCCN. The van der Waals surface area contributed by atoms with Crippen LogP contribution < -0.4 is 5.73 Å². The fraction of sp³-hybridized carbons (Fsp3) is 0.854. The van der Waals surface area contributed by atoms with Crippen LogP contribution in [0.15, 0.2) is 24.3 Å². The number of hydrogen-bond acceptors (Lipinski definition) is 8. The molecule has 0 amide bonds. The summed E-state index contributed by atoms with van der Waals surface area (Å²) in [5, 5.41) is 0. The molecule has 296 valence electrons. The fourth-order valence-electron chi connectivity index (χ4n) is 5.32. The minimum atomic E-state index is -1.66. The minimum absolute atomic E-state index is 0.169. The van der Waals surface area contributed by atoms with E-state index in [1.807, 2.05) is 0 Å². The van der Waals surface area contributed by atoms with Gasteiger partial charge in [0.05, 0.1) is 6.61 Å². The van der Waals surface area contributed by atoms with Crippen molar-refractivity contribution in [3.05, 3.63) is 24.3 Å². The first-order valence-electron chi connectivity index (χ1n) is 20.5. The topological polar surface area (TPSA) is 117 Å². The van der Waals surface area contributed by atoms with Crippen LogP contribution in [0.5, 0.6) is 0 Å². The lowest BCUT2D eigenvalue weighted by molar-refractivity contribution is -0.152. The van der Waals surface area contributed by atoms with E-state index in [9.17, 15) is 9.59 Å². The van der Waals surface area contributed by atoms with Crippen molar-refractivity contribution in [1.82, 2.24) is 0 Å². The number of unbranched alkanes of at least 4 members (excludes halogenated alkanes) is 22. The summed E-state index contributed by atoms with van der Waals surface area (Å²) < 4.78 is 19.4. The zero-order chi connectivity index (χ0) is 37.0. The predicted molar refractivity (Wildman–Crippen MR) is 212 cm³/mol. The first-order chi connectivity index (χ1) is 24.5. The van der Waals surface area contributed by atoms with E-state index in [0.717, 1.165) is 25.7 Å². The number of carbonyl (C=O) groups is 2. The van der Waals surface area contributed by atoms with E-state index in [0.29, 0.717) is 26.0 Å². The number of ether oxygens (including phenoxy) is 2. The Kier molecular flexibility index (Phi) is 46.4. The molecule has 0 radical (unpaired) electrons. The molecule has 0 bridgehead atoms. The molecule has 0 aliphatic heterocycles. The molecule has 0 aromatic heterocycles. The molecule has 0 aromatic rings. The van der Waals surface area contributed by atoms with Crippen LogP contribution in [-0.4, -0.2) is 50.3 Å². The number of nitrogens with two attached hydrogens (primary N) is 1. The largest absolute Gasteiger partial charge is 0.462 e. The number of esters is 2. The fourth-order valence-corrected chi connectivity index (χ4v) is 5.69. The van der Waals surface area contributed by atoms with E-state index in [1.54, 1.807) is 0 Å². The molecular formula is C41H80NO7P. The van der Waals surface area contributed by atoms with Crippen LogP contribution in [0, 0.1) is 0 Å². The maximum atomic E-state index is 11.9. The van der Waals surface area contributed by atoms with Gasteiger partial charge in [0, 0.05) is 26.5 Å². The molecule has 0 fully saturated rings. The molecule has 0 spiro atoms. The summed E-state index contributed by atoms with van der Waals surface area (Å²) >= 11 is 0. The van der Waals surface area contributed by atoms with Crippen LogP contribution in [0.4, 0.5) is 0 Å². The molecule has 0 aliphatic rings. The monoisotopic (exact) mass is 730 g/mol. The van der Waals surface area contributed by atoms with Crippen molar-refractivity contribution in [3.63, 3.8) is 0 Å². The van der Waals surface area contributed by atoms with Gasteiger partial charge in [-0.05, 0) is 64.2 Å². The minimum Gasteiger partial charge on any atom is -0.462 e. The summed E-state index contributed by atoms with van der Waals surface area (Å²) in [6.45, 7) is 5.62. The summed E-state index contributed by atoms with van der Waals surface area (Å²) in [4.78, 5) is 32.3. The predicted octanol–water partition coefficient (Wildman–Crippen LogP) is 12.0. The van der Waals surface area contributed by atoms with E-state index < -0.39 is 8.60 Å². The summed E-state index contributed by atoms with van der Waals surface area (Å²) in [5.74, 6) is -0.359. The molecule has 0 heterocycles. The van der Waals surface area contributed by atoms with Crippen LogP contribution in [0.3, 0.4) is 0 Å². The van der Waals surface area contributed by atoms with Crippen LogP contribution in [0.25, 0.3) is 0 Å². The zero-order valence-electron chi connectivity index (χ0n) is 32.9. The second kappa shape index (κ2) is 45.7. The molecule has 0 aromatic carbocycles. The second-order valence-corrected chi connectivity index (χ2v) is 14.3. The van der Waals surface area contributed by atoms with Gasteiger partial charge >= 0.3 is 20.5 Å². The van der Waals surface area contributed by atoms with Crippen LogP contribution >= 0.6 is 8.60 Å². The van der Waals surface area contributed by atoms with Crippen LogP contribution in [0.2, 0.25) is 0 Å². The van der Waals surface area contributed by atoms with Crippen molar-refractivity contribution in [2.24, 2.45) is 5.73 Å². The van der Waals surface area contributed by atoms with Crippen molar-refractivity contribution < 1.29 is 33.0 Å². The first-order valence-corrected chi connectivity index (χ1v) is 21.6. The van der Waals surface area contributed by atoms with Gasteiger partial charge in [-0.3, -0.25) is 9.59 Å². The van der Waals surface area contributed by atoms with E-state index in [4.69, 9.17) is 20.1 Å². The highest BCUT2D eigenvalue weighted by Crippen LogP contribution is 2.30. The lowest BCUT2D eigenvalue weighted by Gasteiger charge is -2.07. The third-order valence-corrected chi connectivity index (χ3v) is 9.09. The standard InChI is InChI=1S/C38H70O4.C3H10NO3P/c1-3-5-7-9-11-13-15-17-19-21-23-25-27-29-31-33-37(39)41-35-36-42-38(40)34-32-30-28-26-24-22-20-18-16-14-12-10-8-6-4-2;1-6-8(5)7-3-2-4/h17-20H,3-16,21-36H2,1-2H3;5H,2-4H2,1H3/b19-17-,20-18-;. The molecule has 1 unspecified atom stereocenters. The smallest absolute Gasteiger partial charge is 0.329 e. The average molecular weight is 730 g/mol. The van der Waals surface area contributed by atoms with Gasteiger partial charge in [0.2, 0.25) is 0 Å². The number of carbonyl (C=O) groups excluding carboxylic acids is 2. The molecule has 0 rings (SSSR count). The summed E-state index contributed by atoms with van der Waals surface area (Å²) in [7, 11) is -0.287. The Morgan fingerprint density at radius 3 is 1.16 bits per heavy atom. The second-order valence-electron chi connectivity index (χ2n) is 13.2. The van der Waals surface area contributed by atoms with E-state index >= 15 is 0 Å². The van der Waals surface area contributed by atoms with E-state index in [-0.39, 0.29) is 25.2 Å². The Morgan fingerprint density at radius 1 is 0.520 bits per heavy atom. The van der Waals surface area contributed by atoms with Crippen molar-refractivity contribution >= 4 is 20.5 Å². The third-order valence-electron chi connectivity index (χ3n) is 8.37. The molecule has 0 saturated heterocycles. The molecule has 50 heavy (non-hydrogen) atoms. The molecule has 8 nitrogen and oxygen atoms in total. The van der Waals surface area contributed by atoms with Gasteiger partial charge in [-0.1, -0.05) is 141 Å². The van der Waals surface area contributed by atoms with Gasteiger partial charge in [0.25, 0.3) is 0 Å². The normalized spacial score (nSPS) is 11.9. The Hall–Kier alpha value is -1.31. The Bertz CT molecular complexity index is 696. The number of hydrogen-bond donors (Lipinski definition) is 2. The van der Waals surface area contributed by atoms with Gasteiger partial charge in [-0.2, -0.15) is 0 Å². The molecular weight excluding hydrogens is 649 g/mol. The van der Waals surface area contributed by atoms with Crippen molar-refractivity contribution in [1.29, 1.82) is 0 Å². The quantitative estimate of drug-likeness (QED) is 0.0281. The summed E-state index contributed by atoms with van der Waals surface area (Å²) in [5.41, 5.74) is 5.05. The van der Waals surface area contributed by atoms with Gasteiger partial charge in [0.1, 0.15) is 13.2 Å². The third kappa shape index (κ3) is 46.7. The zero-order valence-corrected chi connectivity index (χ0v) is 33.8. The van der Waals surface area contributed by atoms with Crippen LogP contribution in [0.1, 0.15) is 194 Å². The lowest BCUT2D eigenvalue weighted by Crippen LogP contribution is -2.13. The summed E-state index contributed by atoms with van der Waals surface area (Å²) in [6, 6.07) is 0. The number of allylic oxidation sites excluding steroid dienone is 4. The van der Waals surface area contributed by atoms with Gasteiger partial charge in [-0.25, -0.2) is 0 Å². The Balaban J connectivity index is 0. The average Bonchev–Trinajstić information content (AvgIpc) is 3.12. The highest BCUT2D eigenvalue weighted by molar-refractivity contribution is 7.40. The molecule has 0 aliphatic carbocycles. The van der Waals surface area contributed by atoms with E-state index in [1.165, 1.54) is 148 Å². The first kappa shape index (κ1) is 50.8.